The molecule has 0 saturated carbocycles. The average molecular weight is 458 g/mol. The van der Waals surface area contributed by atoms with Crippen molar-refractivity contribution in [3.63, 3.8) is 0 Å². The molecule has 0 heterocycles. The Bertz CT molecular complexity index is 890. The minimum Gasteiger partial charge on any atom is -0.352 e. The predicted octanol–water partition coefficient (Wildman–Crippen LogP) is 4.55. The van der Waals surface area contributed by atoms with Crippen molar-refractivity contribution in [1.82, 2.24) is 10.2 Å². The van der Waals surface area contributed by atoms with Crippen LogP contribution in [0.4, 0.5) is 5.69 Å². The summed E-state index contributed by atoms with van der Waals surface area (Å²) >= 11 is 1.43. The molecule has 0 aromatic heterocycles. The maximum Gasteiger partial charge on any atom is 0.269 e. The summed E-state index contributed by atoms with van der Waals surface area (Å²) in [6.07, 6.45) is 1.34. The molecule has 2 aromatic carbocycles. The van der Waals surface area contributed by atoms with Crippen LogP contribution in [0.1, 0.15) is 44.7 Å². The number of hydrogen-bond acceptors (Lipinski definition) is 5. The maximum absolute atomic E-state index is 13.2. The monoisotopic (exact) mass is 457 g/mol. The van der Waals surface area contributed by atoms with Crippen LogP contribution in [-0.4, -0.2) is 39.5 Å². The SMILES string of the molecule is CC[C@H](C)NC(=O)[C@H](CC)N(Cc1ccccc1)C(=O)CSCc1ccc([N+](=O)[O-])cc1. The number of nitro benzene ring substituents is 1. The Kier molecular flexibility index (Phi) is 10.2. The number of non-ortho nitro benzene ring substituents is 1. The van der Waals surface area contributed by atoms with E-state index in [1.54, 1.807) is 17.0 Å². The highest BCUT2D eigenvalue weighted by Gasteiger charge is 2.29. The van der Waals surface area contributed by atoms with Gasteiger partial charge in [0.1, 0.15) is 6.04 Å². The third kappa shape index (κ3) is 7.67. The number of carbonyl (C=O) groups is 2. The van der Waals surface area contributed by atoms with E-state index in [0.717, 1.165) is 17.5 Å². The fourth-order valence-electron chi connectivity index (χ4n) is 3.19. The van der Waals surface area contributed by atoms with Gasteiger partial charge in [-0.1, -0.05) is 56.3 Å². The smallest absolute Gasteiger partial charge is 0.269 e. The Morgan fingerprint density at radius 3 is 2.25 bits per heavy atom. The van der Waals surface area contributed by atoms with Gasteiger partial charge in [-0.05, 0) is 30.9 Å². The molecule has 1 N–H and O–H groups in total. The summed E-state index contributed by atoms with van der Waals surface area (Å²) in [6, 6.07) is 15.5. The Hall–Kier alpha value is -2.87. The molecule has 8 heteroatoms. The van der Waals surface area contributed by atoms with Crippen molar-refractivity contribution in [1.29, 1.82) is 0 Å². The molecule has 0 aliphatic rings. The molecule has 0 bridgehead atoms. The summed E-state index contributed by atoms with van der Waals surface area (Å²) in [7, 11) is 0. The molecule has 2 amide bonds. The number of nitrogens with zero attached hydrogens (tertiary/aromatic N) is 2. The summed E-state index contributed by atoms with van der Waals surface area (Å²) in [5, 5.41) is 13.8. The van der Waals surface area contributed by atoms with E-state index in [4.69, 9.17) is 0 Å². The van der Waals surface area contributed by atoms with Crippen molar-refractivity contribution < 1.29 is 14.5 Å². The zero-order valence-corrected chi connectivity index (χ0v) is 19.6. The largest absolute Gasteiger partial charge is 0.352 e. The van der Waals surface area contributed by atoms with Gasteiger partial charge in [-0.25, -0.2) is 0 Å². The van der Waals surface area contributed by atoms with E-state index in [9.17, 15) is 19.7 Å². The van der Waals surface area contributed by atoms with Gasteiger partial charge < -0.3 is 10.2 Å². The molecule has 32 heavy (non-hydrogen) atoms. The van der Waals surface area contributed by atoms with Gasteiger partial charge in [0.25, 0.3) is 5.69 Å². The minimum atomic E-state index is -0.545. The second kappa shape index (κ2) is 12.9. The van der Waals surface area contributed by atoms with Crippen LogP contribution in [-0.2, 0) is 21.9 Å². The van der Waals surface area contributed by atoms with Gasteiger partial charge in [-0.3, -0.25) is 19.7 Å². The molecular formula is C24H31N3O4S. The first-order valence-electron chi connectivity index (χ1n) is 10.8. The highest BCUT2D eigenvalue weighted by molar-refractivity contribution is 7.99. The topological polar surface area (TPSA) is 92.6 Å². The fourth-order valence-corrected chi connectivity index (χ4v) is 4.06. The van der Waals surface area contributed by atoms with Gasteiger partial charge in [0.2, 0.25) is 11.8 Å². The number of carbonyl (C=O) groups excluding carboxylic acids is 2. The van der Waals surface area contributed by atoms with E-state index in [2.05, 4.69) is 5.32 Å². The van der Waals surface area contributed by atoms with Crippen LogP contribution in [0.5, 0.6) is 0 Å². The highest BCUT2D eigenvalue weighted by atomic mass is 32.2. The van der Waals surface area contributed by atoms with Crippen LogP contribution >= 0.6 is 11.8 Å². The van der Waals surface area contributed by atoms with Crippen molar-refractivity contribution in [2.24, 2.45) is 0 Å². The normalized spacial score (nSPS) is 12.6. The first kappa shape index (κ1) is 25.4. The molecule has 0 unspecified atom stereocenters. The van der Waals surface area contributed by atoms with Crippen molar-refractivity contribution in [3.05, 3.63) is 75.8 Å². The van der Waals surface area contributed by atoms with Crippen LogP contribution in [0, 0.1) is 10.1 Å². The summed E-state index contributed by atoms with van der Waals surface area (Å²) in [6.45, 7) is 6.24. The third-order valence-electron chi connectivity index (χ3n) is 5.22. The lowest BCUT2D eigenvalue weighted by Crippen LogP contribution is -2.51. The van der Waals surface area contributed by atoms with E-state index in [-0.39, 0.29) is 29.3 Å². The van der Waals surface area contributed by atoms with Gasteiger partial charge in [-0.2, -0.15) is 0 Å². The summed E-state index contributed by atoms with van der Waals surface area (Å²) in [4.78, 5) is 38.1. The molecule has 7 nitrogen and oxygen atoms in total. The van der Waals surface area contributed by atoms with E-state index >= 15 is 0 Å². The highest BCUT2D eigenvalue weighted by Crippen LogP contribution is 2.19. The number of thioether (sulfide) groups is 1. The van der Waals surface area contributed by atoms with E-state index in [0.29, 0.717) is 18.7 Å². The zero-order valence-electron chi connectivity index (χ0n) is 18.8. The zero-order chi connectivity index (χ0) is 23.5. The molecule has 0 radical (unpaired) electrons. The second-order valence-electron chi connectivity index (χ2n) is 7.67. The minimum absolute atomic E-state index is 0.0433. The van der Waals surface area contributed by atoms with Crippen molar-refractivity contribution in [2.45, 2.75) is 58.0 Å². The lowest BCUT2D eigenvalue weighted by molar-refractivity contribution is -0.384. The number of amides is 2. The van der Waals surface area contributed by atoms with Gasteiger partial charge in [0, 0.05) is 30.5 Å². The van der Waals surface area contributed by atoms with Gasteiger partial charge in [0.15, 0.2) is 0 Å². The van der Waals surface area contributed by atoms with Crippen LogP contribution < -0.4 is 5.32 Å². The second-order valence-corrected chi connectivity index (χ2v) is 8.65. The van der Waals surface area contributed by atoms with E-state index in [1.807, 2.05) is 51.1 Å². The standard InChI is InChI=1S/C24H31N3O4S/c1-4-18(3)25-24(29)22(5-2)26(15-19-9-7-6-8-10-19)23(28)17-32-16-20-11-13-21(14-12-20)27(30)31/h6-14,18,22H,4-5,15-17H2,1-3H3,(H,25,29)/t18-,22-/m0/s1. The Balaban J connectivity index is 2.08. The first-order chi connectivity index (χ1) is 15.3. The Labute approximate surface area is 193 Å². The quantitative estimate of drug-likeness (QED) is 0.373. The van der Waals surface area contributed by atoms with Crippen molar-refractivity contribution >= 4 is 29.3 Å². The molecule has 2 aromatic rings. The van der Waals surface area contributed by atoms with Crippen LogP contribution in [0.25, 0.3) is 0 Å². The molecule has 2 atom stereocenters. The summed E-state index contributed by atoms with van der Waals surface area (Å²) in [5.74, 6) is 0.536. The maximum atomic E-state index is 13.2. The van der Waals surface area contributed by atoms with Gasteiger partial charge in [-0.15, -0.1) is 11.8 Å². The predicted molar refractivity (Wildman–Crippen MR) is 128 cm³/mol. The summed E-state index contributed by atoms with van der Waals surface area (Å²) in [5.41, 5.74) is 1.92. The van der Waals surface area contributed by atoms with Crippen LogP contribution in [0.15, 0.2) is 54.6 Å². The number of nitro groups is 1. The van der Waals surface area contributed by atoms with Crippen LogP contribution in [0.2, 0.25) is 0 Å². The van der Waals surface area contributed by atoms with Crippen LogP contribution in [0.3, 0.4) is 0 Å². The van der Waals surface area contributed by atoms with Gasteiger partial charge >= 0.3 is 0 Å². The van der Waals surface area contributed by atoms with E-state index < -0.39 is 11.0 Å². The Morgan fingerprint density at radius 2 is 1.69 bits per heavy atom. The average Bonchev–Trinajstić information content (AvgIpc) is 2.79. The lowest BCUT2D eigenvalue weighted by atomic mass is 10.1. The fraction of sp³-hybridized carbons (Fsp3) is 0.417. The third-order valence-corrected chi connectivity index (χ3v) is 6.21. The number of nitrogens with one attached hydrogen (secondary N) is 1. The van der Waals surface area contributed by atoms with Crippen molar-refractivity contribution in [3.8, 4) is 0 Å². The summed E-state index contributed by atoms with van der Waals surface area (Å²) < 4.78 is 0. The molecular weight excluding hydrogens is 426 g/mol. The number of hydrogen-bond donors (Lipinski definition) is 1. The molecule has 0 aliphatic heterocycles. The Morgan fingerprint density at radius 1 is 1.03 bits per heavy atom. The molecule has 0 fully saturated rings. The molecule has 0 spiro atoms. The number of rotatable bonds is 12. The molecule has 0 aliphatic carbocycles. The molecule has 0 saturated heterocycles. The first-order valence-corrected chi connectivity index (χ1v) is 12.0. The lowest BCUT2D eigenvalue weighted by Gasteiger charge is -2.31. The van der Waals surface area contributed by atoms with Gasteiger partial charge in [0.05, 0.1) is 10.7 Å². The molecule has 172 valence electrons. The molecule has 2 rings (SSSR count). The van der Waals surface area contributed by atoms with E-state index in [1.165, 1.54) is 23.9 Å². The van der Waals surface area contributed by atoms with Crippen molar-refractivity contribution in [2.75, 3.05) is 5.75 Å². The number of benzene rings is 2.